The Morgan fingerprint density at radius 1 is 1.00 bits per heavy atom. The van der Waals surface area contributed by atoms with Gasteiger partial charge in [-0.25, -0.2) is 8.42 Å². The summed E-state index contributed by atoms with van der Waals surface area (Å²) in [5.74, 6) is -0.338. The topological polar surface area (TPSA) is 96.0 Å². The van der Waals surface area contributed by atoms with Crippen molar-refractivity contribution in [2.45, 2.75) is 51.2 Å². The van der Waals surface area contributed by atoms with Gasteiger partial charge in [0.1, 0.15) is 18.3 Å². The van der Waals surface area contributed by atoms with Gasteiger partial charge in [0, 0.05) is 22.1 Å². The molecule has 3 rings (SSSR count). The second-order valence-corrected chi connectivity index (χ2v) is 12.6. The van der Waals surface area contributed by atoms with Gasteiger partial charge >= 0.3 is 0 Å². The molecule has 214 valence electrons. The van der Waals surface area contributed by atoms with Crippen LogP contribution in [0.4, 0.5) is 5.69 Å². The van der Waals surface area contributed by atoms with Crippen LogP contribution in [0.25, 0.3) is 0 Å². The van der Waals surface area contributed by atoms with E-state index in [2.05, 4.69) is 21.2 Å². The molecule has 0 radical (unpaired) electrons. The first-order valence-electron chi connectivity index (χ1n) is 12.8. The molecule has 0 fully saturated rings. The first-order chi connectivity index (χ1) is 18.9. The van der Waals surface area contributed by atoms with Crippen molar-refractivity contribution in [3.05, 3.63) is 87.9 Å². The number of halogens is 2. The molecular formula is C29H33BrClN3O5S. The molecule has 0 aliphatic rings. The monoisotopic (exact) mass is 649 g/mol. The third-order valence-electron chi connectivity index (χ3n) is 5.96. The lowest BCUT2D eigenvalue weighted by Gasteiger charge is -2.32. The second-order valence-electron chi connectivity index (χ2n) is 9.38. The number of hydrogen-bond donors (Lipinski definition) is 1. The van der Waals surface area contributed by atoms with E-state index in [9.17, 15) is 18.0 Å². The number of carbonyl (C=O) groups excluding carboxylic acids is 2. The number of anilines is 1. The van der Waals surface area contributed by atoms with Crippen molar-refractivity contribution in [2.24, 2.45) is 0 Å². The number of amides is 2. The van der Waals surface area contributed by atoms with Gasteiger partial charge in [0.15, 0.2) is 0 Å². The summed E-state index contributed by atoms with van der Waals surface area (Å²) in [4.78, 5) is 28.3. The molecule has 2 amide bonds. The number of ether oxygens (including phenoxy) is 1. The van der Waals surface area contributed by atoms with Gasteiger partial charge in [-0.1, -0.05) is 39.7 Å². The molecule has 11 heteroatoms. The van der Waals surface area contributed by atoms with Gasteiger partial charge in [0.25, 0.3) is 10.0 Å². The van der Waals surface area contributed by atoms with Crippen LogP contribution in [0, 0.1) is 0 Å². The van der Waals surface area contributed by atoms with E-state index >= 15 is 0 Å². The Morgan fingerprint density at radius 2 is 1.65 bits per heavy atom. The zero-order valence-electron chi connectivity index (χ0n) is 22.8. The molecule has 3 aromatic carbocycles. The van der Waals surface area contributed by atoms with Crippen molar-refractivity contribution in [2.75, 3.05) is 17.5 Å². The van der Waals surface area contributed by atoms with Crippen molar-refractivity contribution >= 4 is 55.1 Å². The van der Waals surface area contributed by atoms with E-state index in [1.165, 1.54) is 17.0 Å². The first-order valence-corrected chi connectivity index (χ1v) is 15.4. The van der Waals surface area contributed by atoms with Crippen molar-refractivity contribution in [3.8, 4) is 5.75 Å². The first kappa shape index (κ1) is 31.4. The minimum Gasteiger partial charge on any atom is -0.494 e. The van der Waals surface area contributed by atoms with Gasteiger partial charge < -0.3 is 15.0 Å². The predicted octanol–water partition coefficient (Wildman–Crippen LogP) is 5.64. The fraction of sp³-hybridized carbons (Fsp3) is 0.310. The Morgan fingerprint density at radius 3 is 2.23 bits per heavy atom. The smallest absolute Gasteiger partial charge is 0.264 e. The predicted molar refractivity (Wildman–Crippen MR) is 161 cm³/mol. The van der Waals surface area contributed by atoms with Crippen LogP contribution >= 0.6 is 27.5 Å². The van der Waals surface area contributed by atoms with E-state index in [0.29, 0.717) is 27.4 Å². The van der Waals surface area contributed by atoms with E-state index in [-0.39, 0.29) is 29.1 Å². The Hall–Kier alpha value is -3.08. The molecule has 0 spiro atoms. The normalized spacial score (nSPS) is 12.1. The van der Waals surface area contributed by atoms with Crippen LogP contribution in [0.2, 0.25) is 5.02 Å². The molecule has 40 heavy (non-hydrogen) atoms. The maximum Gasteiger partial charge on any atom is 0.264 e. The maximum absolute atomic E-state index is 13.9. The van der Waals surface area contributed by atoms with Crippen molar-refractivity contribution < 1.29 is 22.7 Å². The highest BCUT2D eigenvalue weighted by Crippen LogP contribution is 2.27. The quantitative estimate of drug-likeness (QED) is 0.274. The summed E-state index contributed by atoms with van der Waals surface area (Å²) in [5.41, 5.74) is 0.982. The number of sulfonamides is 1. The van der Waals surface area contributed by atoms with Crippen LogP contribution in [-0.4, -0.2) is 50.4 Å². The van der Waals surface area contributed by atoms with Crippen LogP contribution in [0.1, 0.15) is 33.3 Å². The second kappa shape index (κ2) is 14.0. The Bertz CT molecular complexity index is 1420. The summed E-state index contributed by atoms with van der Waals surface area (Å²) in [6.07, 6.45) is 0. The van der Waals surface area contributed by atoms with E-state index in [0.717, 1.165) is 4.31 Å². The standard InChI is InChI=1S/C29H33BrClN3O5S/c1-5-39-26-13-11-25(12-14-26)34(40(37,38)27-15-9-23(30)10-16-27)19-28(35)33(21(4)29(36)32-20(2)3)18-22-7-6-8-24(31)17-22/h6-17,20-21H,5,18-19H2,1-4H3,(H,32,36). The third-order valence-corrected chi connectivity index (χ3v) is 8.51. The zero-order chi connectivity index (χ0) is 29.4. The number of nitrogens with one attached hydrogen (secondary N) is 1. The van der Waals surface area contributed by atoms with E-state index < -0.39 is 28.5 Å². The molecule has 3 aromatic rings. The van der Waals surface area contributed by atoms with Gasteiger partial charge in [0.05, 0.1) is 17.2 Å². The lowest BCUT2D eigenvalue weighted by atomic mass is 10.1. The minimum atomic E-state index is -4.17. The van der Waals surface area contributed by atoms with Crippen molar-refractivity contribution in [1.82, 2.24) is 10.2 Å². The molecule has 0 aliphatic heterocycles. The number of rotatable bonds is 12. The highest BCUT2D eigenvalue weighted by molar-refractivity contribution is 9.10. The fourth-order valence-corrected chi connectivity index (χ4v) is 5.85. The average molecular weight is 651 g/mol. The number of hydrogen-bond acceptors (Lipinski definition) is 5. The largest absolute Gasteiger partial charge is 0.494 e. The summed E-state index contributed by atoms with van der Waals surface area (Å²) in [6.45, 7) is 7.09. The van der Waals surface area contributed by atoms with Gasteiger partial charge in [-0.2, -0.15) is 0 Å². The maximum atomic E-state index is 13.9. The molecule has 1 atom stereocenters. The molecule has 0 heterocycles. The van der Waals surface area contributed by atoms with Gasteiger partial charge in [-0.15, -0.1) is 0 Å². The summed E-state index contributed by atoms with van der Waals surface area (Å²) < 4.78 is 35.0. The molecule has 1 unspecified atom stereocenters. The molecule has 0 bridgehead atoms. The van der Waals surface area contributed by atoms with Crippen molar-refractivity contribution in [3.63, 3.8) is 0 Å². The molecule has 0 aromatic heterocycles. The number of benzene rings is 3. The van der Waals surface area contributed by atoms with E-state index in [4.69, 9.17) is 16.3 Å². The van der Waals surface area contributed by atoms with Gasteiger partial charge in [0.2, 0.25) is 11.8 Å². The average Bonchev–Trinajstić information content (AvgIpc) is 2.90. The zero-order valence-corrected chi connectivity index (χ0v) is 26.0. The van der Waals surface area contributed by atoms with E-state index in [1.54, 1.807) is 67.6 Å². The molecule has 0 saturated heterocycles. The highest BCUT2D eigenvalue weighted by atomic mass is 79.9. The fourth-order valence-electron chi connectivity index (χ4n) is 3.96. The summed E-state index contributed by atoms with van der Waals surface area (Å²) in [7, 11) is -4.17. The SMILES string of the molecule is CCOc1ccc(N(CC(=O)N(Cc2cccc(Cl)c2)C(C)C(=O)NC(C)C)S(=O)(=O)c2ccc(Br)cc2)cc1. The lowest BCUT2D eigenvalue weighted by Crippen LogP contribution is -2.52. The van der Waals surface area contributed by atoms with Gasteiger partial charge in [-0.3, -0.25) is 13.9 Å². The van der Waals surface area contributed by atoms with Gasteiger partial charge in [-0.05, 0) is 93.9 Å². The van der Waals surface area contributed by atoms with Crippen LogP contribution < -0.4 is 14.4 Å². The number of nitrogens with zero attached hydrogens (tertiary/aromatic N) is 2. The van der Waals surface area contributed by atoms with Crippen LogP contribution in [0.3, 0.4) is 0 Å². The summed E-state index contributed by atoms with van der Waals surface area (Å²) in [6, 6.07) is 18.6. The Labute approximate surface area is 249 Å². The van der Waals surface area contributed by atoms with Crippen LogP contribution in [-0.2, 0) is 26.2 Å². The molecule has 0 saturated carbocycles. The Kier molecular flexibility index (Phi) is 11.0. The van der Waals surface area contributed by atoms with E-state index in [1.807, 2.05) is 20.8 Å². The Balaban J connectivity index is 2.03. The van der Waals surface area contributed by atoms with Crippen LogP contribution in [0.5, 0.6) is 5.75 Å². The lowest BCUT2D eigenvalue weighted by molar-refractivity contribution is -0.139. The minimum absolute atomic E-state index is 0.0179. The molecule has 8 nitrogen and oxygen atoms in total. The summed E-state index contributed by atoms with van der Waals surface area (Å²) in [5, 5.41) is 3.31. The molecule has 1 N–H and O–H groups in total. The highest BCUT2D eigenvalue weighted by Gasteiger charge is 2.32. The molecular weight excluding hydrogens is 618 g/mol. The summed E-state index contributed by atoms with van der Waals surface area (Å²) >= 11 is 9.50. The number of carbonyl (C=O) groups is 2. The third kappa shape index (κ3) is 8.22. The molecule has 0 aliphatic carbocycles. The van der Waals surface area contributed by atoms with Crippen molar-refractivity contribution in [1.29, 1.82) is 0 Å². The van der Waals surface area contributed by atoms with Crippen LogP contribution in [0.15, 0.2) is 82.2 Å².